The number of hydrogen-bond donors (Lipinski definition) is 3. The summed E-state index contributed by atoms with van der Waals surface area (Å²) in [4.78, 5) is 15.2. The van der Waals surface area contributed by atoms with Crippen molar-refractivity contribution >= 4 is 5.91 Å². The zero-order valence-electron chi connectivity index (χ0n) is 18.2. The zero-order chi connectivity index (χ0) is 22.1. The Morgan fingerprint density at radius 2 is 1.74 bits per heavy atom. The van der Waals surface area contributed by atoms with Gasteiger partial charge >= 0.3 is 0 Å². The maximum Gasteiger partial charge on any atom is 0.242 e. The Bertz CT molecular complexity index is 966. The van der Waals surface area contributed by atoms with Crippen LogP contribution in [0.2, 0.25) is 0 Å². The first-order valence-corrected chi connectivity index (χ1v) is 10.3. The summed E-state index contributed by atoms with van der Waals surface area (Å²) in [6.07, 6.45) is 0. The molecule has 0 saturated carbocycles. The molecule has 31 heavy (non-hydrogen) atoms. The molecule has 4 unspecified atom stereocenters. The van der Waals surface area contributed by atoms with E-state index in [0.29, 0.717) is 24.7 Å². The molecule has 0 bridgehead atoms. The highest BCUT2D eigenvalue weighted by Crippen LogP contribution is 2.49. The van der Waals surface area contributed by atoms with Crippen LogP contribution in [-0.4, -0.2) is 56.4 Å². The van der Waals surface area contributed by atoms with Crippen LogP contribution in [0.25, 0.3) is 0 Å². The molecule has 1 amide bonds. The Kier molecular flexibility index (Phi) is 6.04. The van der Waals surface area contributed by atoms with Crippen LogP contribution in [0, 0.1) is 12.8 Å². The lowest BCUT2D eigenvalue weighted by atomic mass is 9.82. The van der Waals surface area contributed by atoms with E-state index in [-0.39, 0.29) is 29.7 Å². The number of aromatic hydroxyl groups is 1. The second kappa shape index (κ2) is 8.74. The highest BCUT2D eigenvalue weighted by molar-refractivity contribution is 5.86. The standard InChI is InChI=1S/C23H29N3O5/c1-13-5-7-16(27)15(11-13)20-19-21(25-24-20)23(28)26(9-10-29-2)22(19)14-6-8-17(30-3)18(12-14)31-4/h5-8,11-12,19-22,24-25,27H,9-10H2,1-4H3. The molecule has 2 aromatic carbocycles. The van der Waals surface area contributed by atoms with Crippen LogP contribution in [0.3, 0.4) is 0 Å². The average molecular weight is 428 g/mol. The van der Waals surface area contributed by atoms with E-state index in [1.165, 1.54) is 0 Å². The van der Waals surface area contributed by atoms with Crippen LogP contribution in [-0.2, 0) is 9.53 Å². The largest absolute Gasteiger partial charge is 0.508 e. The van der Waals surface area contributed by atoms with E-state index in [4.69, 9.17) is 14.2 Å². The molecule has 4 atom stereocenters. The minimum atomic E-state index is -0.417. The molecule has 2 saturated heterocycles. The highest BCUT2D eigenvalue weighted by Gasteiger charge is 2.55. The fraction of sp³-hybridized carbons (Fsp3) is 0.435. The third kappa shape index (κ3) is 3.71. The van der Waals surface area contributed by atoms with Crippen molar-refractivity contribution in [3.63, 3.8) is 0 Å². The van der Waals surface area contributed by atoms with Gasteiger partial charge in [0.1, 0.15) is 11.8 Å². The van der Waals surface area contributed by atoms with E-state index in [0.717, 1.165) is 16.7 Å². The van der Waals surface area contributed by atoms with Crippen LogP contribution in [0.4, 0.5) is 0 Å². The molecule has 0 spiro atoms. The number of fused-ring (bicyclic) bond motifs is 1. The smallest absolute Gasteiger partial charge is 0.242 e. The van der Waals surface area contributed by atoms with Crippen molar-refractivity contribution in [1.29, 1.82) is 0 Å². The average Bonchev–Trinajstić information content (AvgIpc) is 3.32. The summed E-state index contributed by atoms with van der Waals surface area (Å²) in [5.74, 6) is 1.31. The third-order valence-corrected chi connectivity index (χ3v) is 6.22. The number of aryl methyl sites for hydroxylation is 1. The predicted octanol–water partition coefficient (Wildman–Crippen LogP) is 2.08. The van der Waals surface area contributed by atoms with E-state index in [2.05, 4.69) is 10.9 Å². The minimum absolute atomic E-state index is 0.00368. The molecule has 2 aromatic rings. The number of hydrazine groups is 1. The van der Waals surface area contributed by atoms with Crippen molar-refractivity contribution in [2.45, 2.75) is 25.0 Å². The molecular formula is C23H29N3O5. The molecule has 2 fully saturated rings. The SMILES string of the molecule is COCCN1C(=O)C2NNC(c3cc(C)ccc3O)C2C1c1ccc(OC)c(OC)c1. The Balaban J connectivity index is 1.80. The zero-order valence-corrected chi connectivity index (χ0v) is 18.2. The molecule has 166 valence electrons. The monoisotopic (exact) mass is 427 g/mol. The number of amides is 1. The Labute approximate surface area is 182 Å². The number of nitrogens with zero attached hydrogens (tertiary/aromatic N) is 1. The molecule has 8 heteroatoms. The van der Waals surface area contributed by atoms with Crippen LogP contribution in [0.5, 0.6) is 17.2 Å². The first kappa shape index (κ1) is 21.4. The number of carbonyl (C=O) groups is 1. The van der Waals surface area contributed by atoms with E-state index >= 15 is 0 Å². The van der Waals surface area contributed by atoms with Crippen LogP contribution in [0.15, 0.2) is 36.4 Å². The molecule has 2 aliphatic heterocycles. The van der Waals surface area contributed by atoms with Crippen molar-refractivity contribution in [3.05, 3.63) is 53.1 Å². The summed E-state index contributed by atoms with van der Waals surface area (Å²) < 4.78 is 16.2. The molecule has 2 heterocycles. The fourth-order valence-electron chi connectivity index (χ4n) is 4.76. The number of methoxy groups -OCH3 is 3. The van der Waals surface area contributed by atoms with Gasteiger partial charge in [-0.25, -0.2) is 10.9 Å². The number of hydrogen-bond acceptors (Lipinski definition) is 7. The third-order valence-electron chi connectivity index (χ3n) is 6.22. The van der Waals surface area contributed by atoms with Crippen LogP contribution >= 0.6 is 0 Å². The summed E-state index contributed by atoms with van der Waals surface area (Å²) in [6.45, 7) is 2.89. The van der Waals surface area contributed by atoms with Gasteiger partial charge in [-0.15, -0.1) is 0 Å². The fourth-order valence-corrected chi connectivity index (χ4v) is 4.76. The van der Waals surface area contributed by atoms with E-state index in [1.807, 2.05) is 42.2 Å². The summed E-state index contributed by atoms with van der Waals surface area (Å²) in [5, 5.41) is 10.6. The molecule has 0 radical (unpaired) electrons. The van der Waals surface area contributed by atoms with E-state index in [9.17, 15) is 9.90 Å². The number of carbonyl (C=O) groups excluding carboxylic acids is 1. The molecule has 0 aromatic heterocycles. The Hall–Kier alpha value is -2.81. The van der Waals surface area contributed by atoms with Crippen molar-refractivity contribution < 1.29 is 24.1 Å². The molecule has 8 nitrogen and oxygen atoms in total. The second-order valence-corrected chi connectivity index (χ2v) is 7.97. The number of ether oxygens (including phenoxy) is 3. The van der Waals surface area contributed by atoms with Crippen molar-refractivity contribution in [2.24, 2.45) is 5.92 Å². The number of phenolic OH excluding ortho intramolecular Hbond substituents is 1. The summed E-state index contributed by atoms with van der Waals surface area (Å²) >= 11 is 0. The van der Waals surface area contributed by atoms with Crippen LogP contribution in [0.1, 0.15) is 28.8 Å². The number of benzene rings is 2. The molecule has 0 aliphatic carbocycles. The lowest BCUT2D eigenvalue weighted by Crippen LogP contribution is -2.42. The Morgan fingerprint density at radius 1 is 1.00 bits per heavy atom. The topological polar surface area (TPSA) is 92.3 Å². The summed E-state index contributed by atoms with van der Waals surface area (Å²) in [6, 6.07) is 10.4. The van der Waals surface area contributed by atoms with Crippen molar-refractivity contribution in [3.8, 4) is 17.2 Å². The summed E-state index contributed by atoms with van der Waals surface area (Å²) in [5.41, 5.74) is 9.18. The van der Waals surface area contributed by atoms with Gasteiger partial charge in [0.25, 0.3) is 0 Å². The number of rotatable bonds is 7. The first-order valence-electron chi connectivity index (χ1n) is 10.3. The number of likely N-dealkylation sites (tertiary alicyclic amines) is 1. The van der Waals surface area contributed by atoms with Gasteiger partial charge in [0.15, 0.2) is 11.5 Å². The second-order valence-electron chi connectivity index (χ2n) is 7.97. The lowest BCUT2D eigenvalue weighted by molar-refractivity contribution is -0.131. The van der Waals surface area contributed by atoms with Crippen molar-refractivity contribution in [1.82, 2.24) is 15.8 Å². The minimum Gasteiger partial charge on any atom is -0.508 e. The van der Waals surface area contributed by atoms with Crippen molar-refractivity contribution in [2.75, 3.05) is 34.5 Å². The molecule has 2 aliphatic rings. The van der Waals surface area contributed by atoms with Gasteiger partial charge in [-0.2, -0.15) is 0 Å². The maximum absolute atomic E-state index is 13.3. The normalized spacial score (nSPS) is 25.0. The molecule has 3 N–H and O–H groups in total. The molecular weight excluding hydrogens is 398 g/mol. The molecule has 4 rings (SSSR count). The first-order chi connectivity index (χ1) is 15.0. The van der Waals surface area contributed by atoms with Gasteiger partial charge in [-0.3, -0.25) is 4.79 Å². The quantitative estimate of drug-likeness (QED) is 0.623. The van der Waals surface area contributed by atoms with E-state index < -0.39 is 6.04 Å². The Morgan fingerprint density at radius 3 is 2.45 bits per heavy atom. The number of phenols is 1. The van der Waals surface area contributed by atoms with Gasteiger partial charge in [0.2, 0.25) is 5.91 Å². The highest BCUT2D eigenvalue weighted by atomic mass is 16.5. The van der Waals surface area contributed by atoms with Crippen LogP contribution < -0.4 is 20.3 Å². The van der Waals surface area contributed by atoms with Gasteiger partial charge < -0.3 is 24.2 Å². The van der Waals surface area contributed by atoms with Gasteiger partial charge in [-0.05, 0) is 30.7 Å². The van der Waals surface area contributed by atoms with Gasteiger partial charge in [0, 0.05) is 25.1 Å². The van der Waals surface area contributed by atoms with Gasteiger partial charge in [-0.1, -0.05) is 23.8 Å². The van der Waals surface area contributed by atoms with E-state index in [1.54, 1.807) is 27.4 Å². The lowest BCUT2D eigenvalue weighted by Gasteiger charge is -2.31. The summed E-state index contributed by atoms with van der Waals surface area (Å²) in [7, 11) is 4.82. The predicted molar refractivity (Wildman–Crippen MR) is 115 cm³/mol. The number of nitrogens with one attached hydrogen (secondary N) is 2. The maximum atomic E-state index is 13.3. The van der Waals surface area contributed by atoms with Gasteiger partial charge in [0.05, 0.1) is 32.9 Å².